The van der Waals surface area contributed by atoms with Crippen molar-refractivity contribution in [3.8, 4) is 0 Å². The maximum absolute atomic E-state index is 12.1. The molecule has 0 aliphatic carbocycles. The number of aryl methyl sites for hydroxylation is 1. The molecule has 1 heterocycles. The Labute approximate surface area is 127 Å². The molecule has 0 saturated heterocycles. The quantitative estimate of drug-likeness (QED) is 0.576. The number of rotatable bonds is 10. The zero-order valence-electron chi connectivity index (χ0n) is 13.1. The molecule has 21 heavy (non-hydrogen) atoms. The SMILES string of the molecule is Cc1[nH]nc(S(=O)(=O)NCCCCCCC(C)C)c1CO. The maximum atomic E-state index is 12.1. The molecule has 0 unspecified atom stereocenters. The zero-order valence-corrected chi connectivity index (χ0v) is 14.0. The molecule has 6 nitrogen and oxygen atoms in total. The van der Waals surface area contributed by atoms with Gasteiger partial charge >= 0.3 is 0 Å². The Morgan fingerprint density at radius 1 is 1.24 bits per heavy atom. The minimum Gasteiger partial charge on any atom is -0.392 e. The van der Waals surface area contributed by atoms with Crippen molar-refractivity contribution in [1.29, 1.82) is 0 Å². The fourth-order valence-electron chi connectivity index (χ4n) is 2.14. The van der Waals surface area contributed by atoms with Gasteiger partial charge in [-0.2, -0.15) is 5.10 Å². The molecule has 1 rings (SSSR count). The number of unbranched alkanes of at least 4 members (excludes halogenated alkanes) is 3. The zero-order chi connectivity index (χ0) is 15.9. The third-order valence-corrected chi connectivity index (χ3v) is 4.88. The highest BCUT2D eigenvalue weighted by atomic mass is 32.2. The van der Waals surface area contributed by atoms with Crippen LogP contribution in [0.1, 0.15) is 57.2 Å². The molecule has 3 N–H and O–H groups in total. The van der Waals surface area contributed by atoms with Crippen molar-refractivity contribution in [2.75, 3.05) is 6.54 Å². The molecule has 122 valence electrons. The number of aliphatic hydroxyl groups is 1. The van der Waals surface area contributed by atoms with Gasteiger partial charge in [0.05, 0.1) is 6.61 Å². The minimum atomic E-state index is -3.64. The van der Waals surface area contributed by atoms with Gasteiger partial charge in [0.2, 0.25) is 0 Å². The van der Waals surface area contributed by atoms with E-state index < -0.39 is 10.0 Å². The lowest BCUT2D eigenvalue weighted by atomic mass is 10.0. The Balaban J connectivity index is 2.37. The molecule has 7 heteroatoms. The number of aromatic nitrogens is 2. The molecule has 0 spiro atoms. The summed E-state index contributed by atoms with van der Waals surface area (Å²) in [4.78, 5) is 0. The van der Waals surface area contributed by atoms with Crippen LogP contribution in [-0.2, 0) is 16.6 Å². The van der Waals surface area contributed by atoms with E-state index in [4.69, 9.17) is 0 Å². The van der Waals surface area contributed by atoms with E-state index in [0.717, 1.165) is 25.2 Å². The average Bonchev–Trinajstić information content (AvgIpc) is 2.79. The molecular weight excluding hydrogens is 290 g/mol. The number of hydrogen-bond donors (Lipinski definition) is 3. The topological polar surface area (TPSA) is 95.1 Å². The largest absolute Gasteiger partial charge is 0.392 e. The second kappa shape index (κ2) is 8.51. The van der Waals surface area contributed by atoms with E-state index in [1.54, 1.807) is 6.92 Å². The summed E-state index contributed by atoms with van der Waals surface area (Å²) in [5.41, 5.74) is 0.908. The van der Waals surface area contributed by atoms with E-state index >= 15 is 0 Å². The lowest BCUT2D eigenvalue weighted by Gasteiger charge is -2.07. The van der Waals surface area contributed by atoms with Crippen molar-refractivity contribution in [2.24, 2.45) is 5.92 Å². The van der Waals surface area contributed by atoms with Crippen LogP contribution in [0.15, 0.2) is 5.03 Å². The Hall–Kier alpha value is -0.920. The first kappa shape index (κ1) is 18.1. The molecule has 1 aromatic rings. The van der Waals surface area contributed by atoms with Crippen molar-refractivity contribution in [3.63, 3.8) is 0 Å². The lowest BCUT2D eigenvalue weighted by Crippen LogP contribution is -2.26. The monoisotopic (exact) mass is 317 g/mol. The van der Waals surface area contributed by atoms with Crippen molar-refractivity contribution in [2.45, 2.75) is 64.5 Å². The van der Waals surface area contributed by atoms with Crippen LogP contribution in [0.25, 0.3) is 0 Å². The van der Waals surface area contributed by atoms with Gasteiger partial charge in [0.25, 0.3) is 10.0 Å². The summed E-state index contributed by atoms with van der Waals surface area (Å²) in [6, 6.07) is 0. The first-order valence-electron chi connectivity index (χ1n) is 7.53. The third kappa shape index (κ3) is 5.76. The Kier molecular flexibility index (Phi) is 7.34. The predicted molar refractivity (Wildman–Crippen MR) is 82.4 cm³/mol. The standard InChI is InChI=1S/C14H27N3O3S/c1-11(2)8-6-4-5-7-9-15-21(19,20)14-13(10-18)12(3)16-17-14/h11,15,18H,4-10H2,1-3H3,(H,16,17). The molecule has 0 aliphatic heterocycles. The van der Waals surface area contributed by atoms with Crippen LogP contribution >= 0.6 is 0 Å². The summed E-state index contributed by atoms with van der Waals surface area (Å²) in [5, 5.41) is 15.5. The highest BCUT2D eigenvalue weighted by Crippen LogP contribution is 2.16. The summed E-state index contributed by atoms with van der Waals surface area (Å²) in [6.07, 6.45) is 5.37. The maximum Gasteiger partial charge on any atom is 0.260 e. The van der Waals surface area contributed by atoms with Gasteiger partial charge in [-0.05, 0) is 19.3 Å². The second-order valence-electron chi connectivity index (χ2n) is 5.78. The van der Waals surface area contributed by atoms with Gasteiger partial charge in [0, 0.05) is 17.8 Å². The molecule has 0 aromatic carbocycles. The fraction of sp³-hybridized carbons (Fsp3) is 0.786. The van der Waals surface area contributed by atoms with Crippen molar-refractivity contribution < 1.29 is 13.5 Å². The van der Waals surface area contributed by atoms with Crippen LogP contribution in [0, 0.1) is 12.8 Å². The summed E-state index contributed by atoms with van der Waals surface area (Å²) in [6.45, 7) is 6.17. The molecule has 1 aromatic heterocycles. The van der Waals surface area contributed by atoms with Crippen LogP contribution in [0.4, 0.5) is 0 Å². The van der Waals surface area contributed by atoms with Crippen LogP contribution in [-0.4, -0.2) is 30.3 Å². The minimum absolute atomic E-state index is 0.0951. The lowest BCUT2D eigenvalue weighted by molar-refractivity contribution is 0.277. The molecular formula is C14H27N3O3S. The highest BCUT2D eigenvalue weighted by molar-refractivity contribution is 7.89. The molecule has 0 radical (unpaired) electrons. The molecule has 0 amide bonds. The van der Waals surface area contributed by atoms with E-state index in [0.29, 0.717) is 17.8 Å². The van der Waals surface area contributed by atoms with Gasteiger partial charge in [-0.15, -0.1) is 0 Å². The van der Waals surface area contributed by atoms with Crippen LogP contribution in [0.3, 0.4) is 0 Å². The number of H-pyrrole nitrogens is 1. The van der Waals surface area contributed by atoms with E-state index in [9.17, 15) is 13.5 Å². The highest BCUT2D eigenvalue weighted by Gasteiger charge is 2.22. The summed E-state index contributed by atoms with van der Waals surface area (Å²) in [7, 11) is -3.64. The van der Waals surface area contributed by atoms with Gasteiger partial charge < -0.3 is 5.11 Å². The number of aromatic amines is 1. The van der Waals surface area contributed by atoms with Crippen LogP contribution in [0.2, 0.25) is 0 Å². The fourth-order valence-corrected chi connectivity index (χ4v) is 3.40. The third-order valence-electron chi connectivity index (χ3n) is 3.45. The smallest absolute Gasteiger partial charge is 0.260 e. The number of nitrogens with zero attached hydrogens (tertiary/aromatic N) is 1. The predicted octanol–water partition coefficient (Wildman–Crippen LogP) is 2.10. The van der Waals surface area contributed by atoms with Crippen molar-refractivity contribution in [1.82, 2.24) is 14.9 Å². The number of sulfonamides is 1. The molecule has 0 saturated carbocycles. The number of nitrogens with one attached hydrogen (secondary N) is 2. The van der Waals surface area contributed by atoms with E-state index in [1.807, 2.05) is 0 Å². The normalized spacial score (nSPS) is 12.2. The first-order valence-corrected chi connectivity index (χ1v) is 9.01. The van der Waals surface area contributed by atoms with E-state index in [-0.39, 0.29) is 11.6 Å². The summed E-state index contributed by atoms with van der Waals surface area (Å²) < 4.78 is 26.7. The van der Waals surface area contributed by atoms with Crippen molar-refractivity contribution >= 4 is 10.0 Å². The molecule has 0 atom stereocenters. The van der Waals surface area contributed by atoms with Gasteiger partial charge in [0.15, 0.2) is 5.03 Å². The van der Waals surface area contributed by atoms with E-state index in [2.05, 4.69) is 28.8 Å². The van der Waals surface area contributed by atoms with E-state index in [1.165, 1.54) is 12.8 Å². The summed E-state index contributed by atoms with van der Waals surface area (Å²) >= 11 is 0. The van der Waals surface area contributed by atoms with Crippen LogP contribution < -0.4 is 4.72 Å². The summed E-state index contributed by atoms with van der Waals surface area (Å²) in [5.74, 6) is 0.725. The molecule has 0 aliphatic rings. The van der Waals surface area contributed by atoms with Gasteiger partial charge in [-0.1, -0.05) is 39.5 Å². The van der Waals surface area contributed by atoms with Crippen LogP contribution in [0.5, 0.6) is 0 Å². The Morgan fingerprint density at radius 2 is 1.90 bits per heavy atom. The van der Waals surface area contributed by atoms with Gasteiger partial charge in [-0.3, -0.25) is 5.10 Å². The Morgan fingerprint density at radius 3 is 2.52 bits per heavy atom. The average molecular weight is 317 g/mol. The Bertz CT molecular complexity index is 524. The van der Waals surface area contributed by atoms with Crippen molar-refractivity contribution in [3.05, 3.63) is 11.3 Å². The second-order valence-corrected chi connectivity index (χ2v) is 7.47. The van der Waals surface area contributed by atoms with Gasteiger partial charge in [-0.25, -0.2) is 13.1 Å². The first-order chi connectivity index (χ1) is 9.88. The molecule has 0 fully saturated rings. The number of aliphatic hydroxyl groups excluding tert-OH is 1. The number of hydrogen-bond acceptors (Lipinski definition) is 4. The van der Waals surface area contributed by atoms with Gasteiger partial charge in [0.1, 0.15) is 0 Å². The molecule has 0 bridgehead atoms.